The number of aryl methyl sites for hydroxylation is 3. The van der Waals surface area contributed by atoms with E-state index in [1.54, 1.807) is 23.5 Å². The lowest BCUT2D eigenvalue weighted by Gasteiger charge is -2.14. The Bertz CT molecular complexity index is 820. The number of carboxylic acids is 1. The van der Waals surface area contributed by atoms with Gasteiger partial charge in [0.25, 0.3) is 0 Å². The van der Waals surface area contributed by atoms with E-state index in [0.717, 1.165) is 31.2 Å². The minimum absolute atomic E-state index is 0.0866. The smallest absolute Gasteiger partial charge is 0.322 e. The number of sulfone groups is 1. The summed E-state index contributed by atoms with van der Waals surface area (Å²) in [6.45, 7) is 3.96. The average Bonchev–Trinajstić information content (AvgIpc) is 2.99. The van der Waals surface area contributed by atoms with Crippen LogP contribution in [-0.4, -0.2) is 24.7 Å². The Labute approximate surface area is 159 Å². The van der Waals surface area contributed by atoms with Gasteiger partial charge in [0.2, 0.25) is 0 Å². The summed E-state index contributed by atoms with van der Waals surface area (Å²) in [5, 5.41) is 8.03. The van der Waals surface area contributed by atoms with E-state index in [1.807, 2.05) is 6.92 Å². The van der Waals surface area contributed by atoms with Crippen LogP contribution in [0.25, 0.3) is 0 Å². The summed E-state index contributed by atoms with van der Waals surface area (Å²) in [6.07, 6.45) is 4.66. The number of aliphatic carboxylic acids is 1. The molecule has 142 valence electrons. The molecule has 1 N–H and O–H groups in total. The number of hydrogen-bond donors (Lipinski definition) is 1. The van der Waals surface area contributed by atoms with Crippen molar-refractivity contribution in [1.82, 2.24) is 0 Å². The molecule has 0 spiro atoms. The summed E-state index contributed by atoms with van der Waals surface area (Å²) < 4.78 is 25.2. The van der Waals surface area contributed by atoms with Crippen LogP contribution < -0.4 is 0 Å². The van der Waals surface area contributed by atoms with Crippen molar-refractivity contribution >= 4 is 27.1 Å². The van der Waals surface area contributed by atoms with E-state index < -0.39 is 21.1 Å². The fraction of sp³-hybridized carbons (Fsp3) is 0.450. The first-order valence-electron chi connectivity index (χ1n) is 8.89. The molecule has 1 unspecified atom stereocenters. The SMILES string of the molecule is Cc1ccc(S(=O)(=O)C(CCCCCCc2ccc(C)s2)C(=O)O)cc1. The monoisotopic (exact) mass is 394 g/mol. The van der Waals surface area contributed by atoms with E-state index in [-0.39, 0.29) is 11.3 Å². The van der Waals surface area contributed by atoms with Gasteiger partial charge in [-0.3, -0.25) is 4.79 Å². The zero-order valence-corrected chi connectivity index (χ0v) is 16.9. The Hall–Kier alpha value is -1.66. The lowest BCUT2D eigenvalue weighted by molar-refractivity contribution is -0.136. The highest BCUT2D eigenvalue weighted by Gasteiger charge is 2.33. The molecule has 1 atom stereocenters. The summed E-state index contributed by atoms with van der Waals surface area (Å²) in [6, 6.07) is 10.6. The summed E-state index contributed by atoms with van der Waals surface area (Å²) in [5.41, 5.74) is 0.941. The molecule has 0 aliphatic rings. The van der Waals surface area contributed by atoms with Gasteiger partial charge in [-0.1, -0.05) is 37.0 Å². The Morgan fingerprint density at radius 1 is 1.00 bits per heavy atom. The van der Waals surface area contributed by atoms with Crippen LogP contribution in [0.15, 0.2) is 41.3 Å². The van der Waals surface area contributed by atoms with Crippen molar-refractivity contribution in [3.8, 4) is 0 Å². The predicted octanol–water partition coefficient (Wildman–Crippen LogP) is 4.79. The maximum atomic E-state index is 12.6. The largest absolute Gasteiger partial charge is 0.480 e. The molecule has 0 saturated heterocycles. The Balaban J connectivity index is 1.84. The zero-order valence-electron chi connectivity index (χ0n) is 15.3. The standard InChI is InChI=1S/C20H26O4S2/c1-15-9-13-18(14-10-15)26(23,24)19(20(21)22)8-6-4-3-5-7-17-12-11-16(2)25-17/h9-14,19H,3-8H2,1-2H3,(H,21,22). The van der Waals surface area contributed by atoms with Crippen molar-refractivity contribution in [3.05, 3.63) is 51.7 Å². The van der Waals surface area contributed by atoms with E-state index in [9.17, 15) is 18.3 Å². The number of carboxylic acid groups (broad SMARTS) is 1. The van der Waals surface area contributed by atoms with Gasteiger partial charge in [0, 0.05) is 9.75 Å². The molecular formula is C20H26O4S2. The van der Waals surface area contributed by atoms with E-state index in [4.69, 9.17) is 0 Å². The van der Waals surface area contributed by atoms with Crippen LogP contribution in [0.3, 0.4) is 0 Å². The highest BCUT2D eigenvalue weighted by atomic mass is 32.2. The van der Waals surface area contributed by atoms with Crippen LogP contribution in [0.1, 0.15) is 47.4 Å². The summed E-state index contributed by atoms with van der Waals surface area (Å²) in [5.74, 6) is -1.26. The van der Waals surface area contributed by atoms with Crippen LogP contribution in [-0.2, 0) is 21.1 Å². The molecule has 1 aromatic carbocycles. The van der Waals surface area contributed by atoms with Crippen molar-refractivity contribution in [2.45, 2.75) is 62.5 Å². The quantitative estimate of drug-likeness (QED) is 0.588. The van der Waals surface area contributed by atoms with Crippen LogP contribution in [0, 0.1) is 13.8 Å². The molecule has 0 bridgehead atoms. The molecule has 26 heavy (non-hydrogen) atoms. The molecule has 0 aliphatic heterocycles. The second-order valence-electron chi connectivity index (χ2n) is 6.65. The number of rotatable bonds is 10. The molecule has 0 amide bonds. The lowest BCUT2D eigenvalue weighted by atomic mass is 10.1. The number of unbranched alkanes of at least 4 members (excludes halogenated alkanes) is 3. The molecule has 1 aromatic heterocycles. The van der Waals surface area contributed by atoms with E-state index >= 15 is 0 Å². The Kier molecular flexibility index (Phi) is 7.41. The second kappa shape index (κ2) is 9.33. The van der Waals surface area contributed by atoms with Gasteiger partial charge in [-0.05, 0) is 57.4 Å². The fourth-order valence-corrected chi connectivity index (χ4v) is 5.42. The first-order chi connectivity index (χ1) is 12.3. The molecule has 2 rings (SSSR count). The lowest BCUT2D eigenvalue weighted by Crippen LogP contribution is -2.30. The molecule has 4 nitrogen and oxygen atoms in total. The highest BCUT2D eigenvalue weighted by molar-refractivity contribution is 7.92. The first-order valence-corrected chi connectivity index (χ1v) is 11.3. The van der Waals surface area contributed by atoms with Gasteiger partial charge < -0.3 is 5.11 Å². The maximum Gasteiger partial charge on any atom is 0.322 e. The van der Waals surface area contributed by atoms with Gasteiger partial charge in [0.05, 0.1) is 4.90 Å². The number of benzene rings is 1. The highest BCUT2D eigenvalue weighted by Crippen LogP contribution is 2.22. The third kappa shape index (κ3) is 5.68. The predicted molar refractivity (Wildman–Crippen MR) is 106 cm³/mol. The first kappa shape index (κ1) is 20.6. The molecule has 0 aliphatic carbocycles. The van der Waals surface area contributed by atoms with Crippen LogP contribution >= 0.6 is 11.3 Å². The Morgan fingerprint density at radius 3 is 2.23 bits per heavy atom. The minimum Gasteiger partial charge on any atom is -0.480 e. The number of hydrogen-bond acceptors (Lipinski definition) is 4. The second-order valence-corrected chi connectivity index (χ2v) is 10.2. The van der Waals surface area contributed by atoms with Crippen LogP contribution in [0.4, 0.5) is 0 Å². The summed E-state index contributed by atoms with van der Waals surface area (Å²) >= 11 is 1.81. The van der Waals surface area contributed by atoms with Crippen molar-refractivity contribution in [2.24, 2.45) is 0 Å². The van der Waals surface area contributed by atoms with E-state index in [2.05, 4.69) is 19.1 Å². The molecule has 0 saturated carbocycles. The van der Waals surface area contributed by atoms with E-state index in [0.29, 0.717) is 6.42 Å². The maximum absolute atomic E-state index is 12.6. The van der Waals surface area contributed by atoms with Crippen molar-refractivity contribution in [3.63, 3.8) is 0 Å². The van der Waals surface area contributed by atoms with Gasteiger partial charge in [0.15, 0.2) is 15.1 Å². The molecular weight excluding hydrogens is 368 g/mol. The summed E-state index contributed by atoms with van der Waals surface area (Å²) in [4.78, 5) is 14.3. The Morgan fingerprint density at radius 2 is 1.65 bits per heavy atom. The van der Waals surface area contributed by atoms with Crippen LogP contribution in [0.2, 0.25) is 0 Å². The van der Waals surface area contributed by atoms with Gasteiger partial charge in [-0.15, -0.1) is 11.3 Å². The topological polar surface area (TPSA) is 71.4 Å². The summed E-state index contributed by atoms with van der Waals surface area (Å²) in [7, 11) is -3.85. The van der Waals surface area contributed by atoms with Gasteiger partial charge in [0.1, 0.15) is 0 Å². The fourth-order valence-electron chi connectivity index (χ4n) is 2.91. The molecule has 2 aromatic rings. The van der Waals surface area contributed by atoms with Crippen molar-refractivity contribution in [1.29, 1.82) is 0 Å². The molecule has 1 heterocycles. The number of thiophene rings is 1. The van der Waals surface area contributed by atoms with Gasteiger partial charge in [-0.2, -0.15) is 0 Å². The van der Waals surface area contributed by atoms with Crippen molar-refractivity contribution in [2.75, 3.05) is 0 Å². The molecule has 0 fully saturated rings. The zero-order chi connectivity index (χ0) is 19.2. The minimum atomic E-state index is -3.85. The molecule has 6 heteroatoms. The normalized spacial score (nSPS) is 12.8. The third-order valence-corrected chi connectivity index (χ3v) is 7.61. The van der Waals surface area contributed by atoms with Gasteiger partial charge >= 0.3 is 5.97 Å². The van der Waals surface area contributed by atoms with E-state index in [1.165, 1.54) is 21.9 Å². The number of carbonyl (C=O) groups is 1. The van der Waals surface area contributed by atoms with Gasteiger partial charge in [-0.25, -0.2) is 8.42 Å². The van der Waals surface area contributed by atoms with Crippen molar-refractivity contribution < 1.29 is 18.3 Å². The average molecular weight is 395 g/mol. The third-order valence-electron chi connectivity index (χ3n) is 4.44. The molecule has 0 radical (unpaired) electrons. The van der Waals surface area contributed by atoms with Crippen LogP contribution in [0.5, 0.6) is 0 Å².